The number of amides is 1. The fourth-order valence-electron chi connectivity index (χ4n) is 2.43. The van der Waals surface area contributed by atoms with E-state index in [0.29, 0.717) is 24.4 Å². The summed E-state index contributed by atoms with van der Waals surface area (Å²) in [4.78, 5) is 11.8. The van der Waals surface area contributed by atoms with Gasteiger partial charge in [0.1, 0.15) is 0 Å². The summed E-state index contributed by atoms with van der Waals surface area (Å²) in [6.45, 7) is 7.53. The topological polar surface area (TPSA) is 41.1 Å². The summed E-state index contributed by atoms with van der Waals surface area (Å²) >= 11 is 0. The molecule has 3 heteroatoms. The van der Waals surface area contributed by atoms with Crippen LogP contribution in [-0.4, -0.2) is 24.5 Å². The number of hydrogen-bond donors (Lipinski definition) is 2. The Morgan fingerprint density at radius 2 is 2.31 bits per heavy atom. The van der Waals surface area contributed by atoms with E-state index in [1.165, 1.54) is 12.8 Å². The Balaban J connectivity index is 2.27. The van der Waals surface area contributed by atoms with Crippen LogP contribution in [-0.2, 0) is 4.79 Å². The van der Waals surface area contributed by atoms with Crippen molar-refractivity contribution in [3.63, 3.8) is 0 Å². The fourth-order valence-corrected chi connectivity index (χ4v) is 2.43. The van der Waals surface area contributed by atoms with Crippen molar-refractivity contribution in [2.45, 2.75) is 65.0 Å². The molecule has 0 spiro atoms. The van der Waals surface area contributed by atoms with Crippen molar-refractivity contribution in [1.82, 2.24) is 10.6 Å². The van der Waals surface area contributed by atoms with Crippen LogP contribution in [0.5, 0.6) is 0 Å². The summed E-state index contributed by atoms with van der Waals surface area (Å²) in [6.07, 6.45) is 5.31. The van der Waals surface area contributed by atoms with Crippen LogP contribution >= 0.6 is 0 Å². The molecule has 16 heavy (non-hydrogen) atoms. The molecule has 0 aromatic carbocycles. The Bertz CT molecular complexity index is 218. The highest BCUT2D eigenvalue weighted by atomic mass is 16.1. The molecule has 1 fully saturated rings. The number of carbonyl (C=O) groups excluding carboxylic acids is 1. The van der Waals surface area contributed by atoms with E-state index in [0.717, 1.165) is 19.4 Å². The molecule has 0 radical (unpaired) electrons. The summed E-state index contributed by atoms with van der Waals surface area (Å²) in [5.74, 6) is 0.827. The molecule has 0 aromatic rings. The Morgan fingerprint density at radius 1 is 1.56 bits per heavy atom. The molecule has 0 aliphatic carbocycles. The molecule has 1 saturated heterocycles. The van der Waals surface area contributed by atoms with E-state index in [1.54, 1.807) is 0 Å². The van der Waals surface area contributed by atoms with Crippen LogP contribution in [0.15, 0.2) is 0 Å². The number of carbonyl (C=O) groups is 1. The van der Waals surface area contributed by atoms with E-state index >= 15 is 0 Å². The molecule has 1 heterocycles. The monoisotopic (exact) mass is 226 g/mol. The Morgan fingerprint density at radius 3 is 2.94 bits per heavy atom. The smallest absolute Gasteiger partial charge is 0.221 e. The molecule has 0 saturated carbocycles. The maximum atomic E-state index is 11.8. The molecule has 1 rings (SSSR count). The third-order valence-electron chi connectivity index (χ3n) is 3.46. The second kappa shape index (κ2) is 6.89. The van der Waals surface area contributed by atoms with Crippen LogP contribution in [0, 0.1) is 5.92 Å². The van der Waals surface area contributed by atoms with Crippen molar-refractivity contribution >= 4 is 5.91 Å². The van der Waals surface area contributed by atoms with Crippen molar-refractivity contribution in [3.05, 3.63) is 0 Å². The predicted molar refractivity (Wildman–Crippen MR) is 67.3 cm³/mol. The zero-order valence-electron chi connectivity index (χ0n) is 10.9. The van der Waals surface area contributed by atoms with Crippen molar-refractivity contribution in [2.24, 2.45) is 5.92 Å². The van der Waals surface area contributed by atoms with Gasteiger partial charge in [0, 0.05) is 18.5 Å². The first-order chi connectivity index (χ1) is 7.63. The lowest BCUT2D eigenvalue weighted by molar-refractivity contribution is -0.122. The minimum Gasteiger partial charge on any atom is -0.354 e. The SMILES string of the molecule is CCCC(C)NC(=O)CC1NCCCC1C. The van der Waals surface area contributed by atoms with Gasteiger partial charge in [-0.3, -0.25) is 4.79 Å². The van der Waals surface area contributed by atoms with Crippen molar-refractivity contribution in [2.75, 3.05) is 6.54 Å². The fraction of sp³-hybridized carbons (Fsp3) is 0.923. The third-order valence-corrected chi connectivity index (χ3v) is 3.46. The lowest BCUT2D eigenvalue weighted by Gasteiger charge is -2.30. The molecule has 2 N–H and O–H groups in total. The summed E-state index contributed by atoms with van der Waals surface area (Å²) in [6, 6.07) is 0.693. The summed E-state index contributed by atoms with van der Waals surface area (Å²) < 4.78 is 0. The average molecular weight is 226 g/mol. The molecule has 3 nitrogen and oxygen atoms in total. The number of nitrogens with one attached hydrogen (secondary N) is 2. The molecule has 1 amide bonds. The van der Waals surface area contributed by atoms with Crippen LogP contribution in [0.4, 0.5) is 0 Å². The molecule has 1 aliphatic heterocycles. The first kappa shape index (κ1) is 13.5. The van der Waals surface area contributed by atoms with Gasteiger partial charge in [0.15, 0.2) is 0 Å². The summed E-state index contributed by atoms with van der Waals surface area (Å²) in [5, 5.41) is 6.51. The van der Waals surface area contributed by atoms with Gasteiger partial charge in [-0.1, -0.05) is 20.3 Å². The highest BCUT2D eigenvalue weighted by molar-refractivity contribution is 5.76. The maximum Gasteiger partial charge on any atom is 0.221 e. The number of hydrogen-bond acceptors (Lipinski definition) is 2. The molecule has 0 aromatic heterocycles. The highest BCUT2D eigenvalue weighted by Crippen LogP contribution is 2.17. The van der Waals surface area contributed by atoms with Crippen molar-refractivity contribution in [1.29, 1.82) is 0 Å². The van der Waals surface area contributed by atoms with Crippen LogP contribution in [0.3, 0.4) is 0 Å². The molecule has 3 atom stereocenters. The van der Waals surface area contributed by atoms with Gasteiger partial charge in [-0.25, -0.2) is 0 Å². The van der Waals surface area contributed by atoms with Gasteiger partial charge in [-0.15, -0.1) is 0 Å². The van der Waals surface area contributed by atoms with Crippen LogP contribution < -0.4 is 10.6 Å². The van der Waals surface area contributed by atoms with E-state index < -0.39 is 0 Å². The average Bonchev–Trinajstić information content (AvgIpc) is 2.21. The quantitative estimate of drug-likeness (QED) is 0.753. The van der Waals surface area contributed by atoms with Crippen LogP contribution in [0.2, 0.25) is 0 Å². The lowest BCUT2D eigenvalue weighted by Crippen LogP contribution is -2.44. The van der Waals surface area contributed by atoms with Gasteiger partial charge < -0.3 is 10.6 Å². The van der Waals surface area contributed by atoms with Gasteiger partial charge in [0.25, 0.3) is 0 Å². The summed E-state index contributed by atoms with van der Waals surface area (Å²) in [7, 11) is 0. The second-order valence-electron chi connectivity index (χ2n) is 5.14. The van der Waals surface area contributed by atoms with Gasteiger partial charge in [-0.05, 0) is 38.6 Å². The molecule has 1 aliphatic rings. The lowest BCUT2D eigenvalue weighted by atomic mass is 9.90. The molecule has 3 unspecified atom stereocenters. The number of piperidine rings is 1. The Kier molecular flexibility index (Phi) is 5.81. The Hall–Kier alpha value is -0.570. The van der Waals surface area contributed by atoms with Gasteiger partial charge >= 0.3 is 0 Å². The van der Waals surface area contributed by atoms with Gasteiger partial charge in [0.2, 0.25) is 5.91 Å². The third kappa shape index (κ3) is 4.52. The molecular weight excluding hydrogens is 200 g/mol. The van der Waals surface area contributed by atoms with E-state index in [4.69, 9.17) is 0 Å². The van der Waals surface area contributed by atoms with E-state index in [2.05, 4.69) is 31.4 Å². The highest BCUT2D eigenvalue weighted by Gasteiger charge is 2.23. The molecule has 94 valence electrons. The van der Waals surface area contributed by atoms with E-state index in [-0.39, 0.29) is 5.91 Å². The first-order valence-electron chi connectivity index (χ1n) is 6.66. The Labute approximate surface area is 99.4 Å². The minimum atomic E-state index is 0.201. The summed E-state index contributed by atoms with van der Waals surface area (Å²) in [5.41, 5.74) is 0. The van der Waals surface area contributed by atoms with Crippen LogP contribution in [0.25, 0.3) is 0 Å². The largest absolute Gasteiger partial charge is 0.354 e. The first-order valence-corrected chi connectivity index (χ1v) is 6.66. The zero-order chi connectivity index (χ0) is 12.0. The minimum absolute atomic E-state index is 0.201. The molecular formula is C13H26N2O. The van der Waals surface area contributed by atoms with Crippen LogP contribution in [0.1, 0.15) is 52.9 Å². The normalized spacial score (nSPS) is 27.4. The second-order valence-corrected chi connectivity index (χ2v) is 5.14. The predicted octanol–water partition coefficient (Wildman–Crippen LogP) is 2.07. The number of rotatable bonds is 5. The van der Waals surface area contributed by atoms with E-state index in [1.807, 2.05) is 0 Å². The van der Waals surface area contributed by atoms with Gasteiger partial charge in [-0.2, -0.15) is 0 Å². The van der Waals surface area contributed by atoms with Crippen molar-refractivity contribution < 1.29 is 4.79 Å². The zero-order valence-corrected chi connectivity index (χ0v) is 10.9. The molecule has 0 bridgehead atoms. The van der Waals surface area contributed by atoms with E-state index in [9.17, 15) is 4.79 Å². The van der Waals surface area contributed by atoms with Crippen molar-refractivity contribution in [3.8, 4) is 0 Å². The maximum absolute atomic E-state index is 11.8. The standard InChI is InChI=1S/C13H26N2O/c1-4-6-11(3)15-13(16)9-12-10(2)7-5-8-14-12/h10-12,14H,4-9H2,1-3H3,(H,15,16). The van der Waals surface area contributed by atoms with Gasteiger partial charge in [0.05, 0.1) is 0 Å².